The number of methoxy groups -OCH3 is 1. The van der Waals surface area contributed by atoms with Crippen molar-refractivity contribution in [3.63, 3.8) is 0 Å². The Bertz CT molecular complexity index is 1430. The number of benzene rings is 3. The predicted molar refractivity (Wildman–Crippen MR) is 163 cm³/mol. The van der Waals surface area contributed by atoms with E-state index in [1.54, 1.807) is 49.4 Å². The van der Waals surface area contributed by atoms with E-state index in [1.807, 2.05) is 24.3 Å². The maximum absolute atomic E-state index is 14.1. The van der Waals surface area contributed by atoms with Crippen LogP contribution in [0, 0.1) is 0 Å². The highest BCUT2D eigenvalue weighted by atomic mass is 79.9. The normalized spacial score (nSPS) is 14.6. The van der Waals surface area contributed by atoms with Crippen LogP contribution in [0.1, 0.15) is 44.6 Å². The molecule has 3 aromatic carbocycles. The number of carbonyl (C=O) groups is 2. The first kappa shape index (κ1) is 30.6. The second-order valence-electron chi connectivity index (χ2n) is 10.2. The molecule has 1 unspecified atom stereocenters. The maximum Gasteiger partial charge on any atom is 0.264 e. The van der Waals surface area contributed by atoms with E-state index >= 15 is 0 Å². The van der Waals surface area contributed by atoms with E-state index in [0.29, 0.717) is 11.4 Å². The molecule has 4 rings (SSSR count). The van der Waals surface area contributed by atoms with E-state index in [9.17, 15) is 18.0 Å². The number of halogens is 1. The largest absolute Gasteiger partial charge is 0.497 e. The fourth-order valence-corrected chi connectivity index (χ4v) is 6.86. The molecule has 0 bridgehead atoms. The molecule has 10 heteroatoms. The lowest BCUT2D eigenvalue weighted by molar-refractivity contribution is -0.139. The summed E-state index contributed by atoms with van der Waals surface area (Å²) in [5.41, 5.74) is 1.12. The number of rotatable bonds is 11. The molecule has 0 heterocycles. The number of carbonyl (C=O) groups excluding carboxylic acids is 2. The van der Waals surface area contributed by atoms with Gasteiger partial charge in [0.1, 0.15) is 18.3 Å². The van der Waals surface area contributed by atoms with Crippen LogP contribution in [-0.2, 0) is 26.2 Å². The van der Waals surface area contributed by atoms with Crippen molar-refractivity contribution in [3.05, 3.63) is 88.9 Å². The topological polar surface area (TPSA) is 96.0 Å². The highest BCUT2D eigenvalue weighted by molar-refractivity contribution is 9.10. The van der Waals surface area contributed by atoms with Gasteiger partial charge in [0.25, 0.3) is 10.0 Å². The Kier molecular flexibility index (Phi) is 10.4. The number of nitrogens with one attached hydrogen (secondary N) is 1. The Hall–Kier alpha value is -3.37. The van der Waals surface area contributed by atoms with Gasteiger partial charge >= 0.3 is 0 Å². The summed E-state index contributed by atoms with van der Waals surface area (Å²) in [5.74, 6) is -0.185. The van der Waals surface area contributed by atoms with Crippen molar-refractivity contribution in [2.45, 2.75) is 62.6 Å². The highest BCUT2D eigenvalue weighted by Gasteiger charge is 2.33. The second kappa shape index (κ2) is 14.0. The fraction of sp³-hybridized carbons (Fsp3) is 0.355. The average Bonchev–Trinajstić information content (AvgIpc) is 2.99. The van der Waals surface area contributed by atoms with E-state index < -0.39 is 28.5 Å². The third-order valence-corrected chi connectivity index (χ3v) is 9.61. The molecule has 1 aliphatic rings. The van der Waals surface area contributed by atoms with E-state index in [-0.39, 0.29) is 23.4 Å². The first-order valence-corrected chi connectivity index (χ1v) is 16.0. The van der Waals surface area contributed by atoms with Crippen LogP contribution in [0.4, 0.5) is 5.69 Å². The van der Waals surface area contributed by atoms with Crippen molar-refractivity contribution in [2.75, 3.05) is 18.0 Å². The Balaban J connectivity index is 1.67. The third-order valence-electron chi connectivity index (χ3n) is 7.33. The van der Waals surface area contributed by atoms with Crippen LogP contribution >= 0.6 is 15.9 Å². The summed E-state index contributed by atoms with van der Waals surface area (Å²) in [4.78, 5) is 29.0. The molecule has 41 heavy (non-hydrogen) atoms. The number of sulfonamides is 1. The Labute approximate surface area is 250 Å². The Morgan fingerprint density at radius 1 is 0.976 bits per heavy atom. The van der Waals surface area contributed by atoms with Gasteiger partial charge in [-0.05, 0) is 73.9 Å². The zero-order chi connectivity index (χ0) is 29.4. The van der Waals surface area contributed by atoms with Crippen LogP contribution in [0.2, 0.25) is 0 Å². The molecule has 1 N–H and O–H groups in total. The zero-order valence-corrected chi connectivity index (χ0v) is 25.7. The SMILES string of the molecule is COc1ccc(N(CC(=O)N(Cc2cccc(Br)c2)C(C)C(=O)NC2CCCCC2)S(=O)(=O)c2ccccc2)cc1. The molecule has 8 nitrogen and oxygen atoms in total. The molecule has 0 spiro atoms. The van der Waals surface area contributed by atoms with Crippen LogP contribution in [0.5, 0.6) is 5.75 Å². The maximum atomic E-state index is 14.1. The molecule has 2 amide bonds. The number of anilines is 1. The Morgan fingerprint density at radius 3 is 2.29 bits per heavy atom. The molecule has 0 aliphatic heterocycles. The van der Waals surface area contributed by atoms with Crippen molar-refractivity contribution in [1.29, 1.82) is 0 Å². The van der Waals surface area contributed by atoms with Gasteiger partial charge in [-0.3, -0.25) is 13.9 Å². The van der Waals surface area contributed by atoms with Crippen molar-refractivity contribution in [3.8, 4) is 5.75 Å². The summed E-state index contributed by atoms with van der Waals surface area (Å²) in [6, 6.07) is 21.2. The standard InChI is InChI=1S/C31H36BrN3O5S/c1-23(31(37)33-26-12-5-3-6-13-26)34(21-24-10-9-11-25(32)20-24)30(36)22-35(27-16-18-28(40-2)19-17-27)41(38,39)29-14-7-4-8-15-29/h4,7-11,14-20,23,26H,3,5-6,12-13,21-22H2,1-2H3,(H,33,37). The van der Waals surface area contributed by atoms with Crippen LogP contribution in [-0.4, -0.2) is 50.9 Å². The van der Waals surface area contributed by atoms with Gasteiger partial charge in [0.2, 0.25) is 11.8 Å². The first-order chi connectivity index (χ1) is 19.7. The molecule has 0 saturated heterocycles. The van der Waals surface area contributed by atoms with Gasteiger partial charge in [-0.2, -0.15) is 0 Å². The molecule has 3 aromatic rings. The highest BCUT2D eigenvalue weighted by Crippen LogP contribution is 2.27. The minimum Gasteiger partial charge on any atom is -0.497 e. The molecular formula is C31H36BrN3O5S. The van der Waals surface area contributed by atoms with Crippen LogP contribution in [0.25, 0.3) is 0 Å². The number of hydrogen-bond donors (Lipinski definition) is 1. The van der Waals surface area contributed by atoms with E-state index in [1.165, 1.54) is 24.1 Å². The molecule has 0 radical (unpaired) electrons. The minimum atomic E-state index is -4.11. The summed E-state index contributed by atoms with van der Waals surface area (Å²) in [5, 5.41) is 3.12. The summed E-state index contributed by atoms with van der Waals surface area (Å²) in [7, 11) is -2.59. The molecule has 1 atom stereocenters. The second-order valence-corrected chi connectivity index (χ2v) is 13.0. The quantitative estimate of drug-likeness (QED) is 0.297. The monoisotopic (exact) mass is 641 g/mol. The molecule has 1 fully saturated rings. The summed E-state index contributed by atoms with van der Waals surface area (Å²) < 4.78 is 34.9. The van der Waals surface area contributed by atoms with Gasteiger partial charge < -0.3 is 15.0 Å². The van der Waals surface area contributed by atoms with E-state index in [0.717, 1.165) is 46.4 Å². The predicted octanol–water partition coefficient (Wildman–Crippen LogP) is 5.52. The number of ether oxygens (including phenoxy) is 1. The van der Waals surface area contributed by atoms with Crippen molar-refractivity contribution in [1.82, 2.24) is 10.2 Å². The number of hydrogen-bond acceptors (Lipinski definition) is 5. The van der Waals surface area contributed by atoms with E-state index in [4.69, 9.17) is 4.74 Å². The van der Waals surface area contributed by atoms with Crippen LogP contribution in [0.3, 0.4) is 0 Å². The van der Waals surface area contributed by atoms with Gasteiger partial charge in [0.05, 0.1) is 17.7 Å². The summed E-state index contributed by atoms with van der Waals surface area (Å²) >= 11 is 3.47. The van der Waals surface area contributed by atoms with Crippen LogP contribution in [0.15, 0.2) is 88.2 Å². The lowest BCUT2D eigenvalue weighted by Crippen LogP contribution is -2.53. The molecular weight excluding hydrogens is 606 g/mol. The third kappa shape index (κ3) is 7.89. The van der Waals surface area contributed by atoms with Crippen LogP contribution < -0.4 is 14.4 Å². The van der Waals surface area contributed by atoms with Gasteiger partial charge in [-0.1, -0.05) is 65.5 Å². The van der Waals surface area contributed by atoms with Crippen molar-refractivity contribution < 1.29 is 22.7 Å². The smallest absolute Gasteiger partial charge is 0.264 e. The minimum absolute atomic E-state index is 0.0604. The zero-order valence-electron chi connectivity index (χ0n) is 23.3. The van der Waals surface area contributed by atoms with Gasteiger partial charge in [0.15, 0.2) is 0 Å². The lowest BCUT2D eigenvalue weighted by atomic mass is 9.95. The Morgan fingerprint density at radius 2 is 1.66 bits per heavy atom. The average molecular weight is 643 g/mol. The fourth-order valence-electron chi connectivity index (χ4n) is 4.98. The van der Waals surface area contributed by atoms with Crippen molar-refractivity contribution in [2.24, 2.45) is 0 Å². The van der Waals surface area contributed by atoms with Gasteiger partial charge in [-0.15, -0.1) is 0 Å². The molecule has 1 saturated carbocycles. The number of nitrogens with zero attached hydrogens (tertiary/aromatic N) is 2. The summed E-state index contributed by atoms with van der Waals surface area (Å²) in [6.45, 7) is 1.34. The van der Waals surface area contributed by atoms with Gasteiger partial charge in [0, 0.05) is 17.1 Å². The number of amides is 2. The molecule has 0 aromatic heterocycles. The van der Waals surface area contributed by atoms with E-state index in [2.05, 4.69) is 21.2 Å². The van der Waals surface area contributed by atoms with Crippen molar-refractivity contribution >= 4 is 43.5 Å². The molecule has 1 aliphatic carbocycles. The van der Waals surface area contributed by atoms with Gasteiger partial charge in [-0.25, -0.2) is 8.42 Å². The summed E-state index contributed by atoms with van der Waals surface area (Å²) in [6.07, 6.45) is 5.12. The first-order valence-electron chi connectivity index (χ1n) is 13.7. The molecule has 218 valence electrons. The lowest BCUT2D eigenvalue weighted by Gasteiger charge is -2.33.